The van der Waals surface area contributed by atoms with Crippen molar-refractivity contribution < 1.29 is 4.79 Å². The highest BCUT2D eigenvalue weighted by Gasteiger charge is 2.30. The molecule has 0 aromatic heterocycles. The molecule has 0 unspecified atom stereocenters. The van der Waals surface area contributed by atoms with Gasteiger partial charge in [-0.15, -0.1) is 0 Å². The smallest absolute Gasteiger partial charge is 0.223 e. The van der Waals surface area contributed by atoms with E-state index in [9.17, 15) is 4.79 Å². The molecule has 1 amide bonds. The first-order valence-electron chi connectivity index (χ1n) is 5.79. The minimum absolute atomic E-state index is 0.278. The van der Waals surface area contributed by atoms with E-state index >= 15 is 0 Å². The SMILES string of the molecule is NC1CCC(CNC(=O)C2CC2)CC1. The van der Waals surface area contributed by atoms with Gasteiger partial charge in [0.05, 0.1) is 0 Å². The molecule has 0 aliphatic heterocycles. The Hall–Kier alpha value is -0.570. The van der Waals surface area contributed by atoms with E-state index in [-0.39, 0.29) is 5.91 Å². The number of hydrogen-bond donors (Lipinski definition) is 2. The highest BCUT2D eigenvalue weighted by molar-refractivity contribution is 5.80. The van der Waals surface area contributed by atoms with Crippen molar-refractivity contribution in [2.45, 2.75) is 44.6 Å². The molecule has 2 aliphatic rings. The molecule has 0 radical (unpaired) electrons. The fraction of sp³-hybridized carbons (Fsp3) is 0.909. The molecule has 0 heterocycles. The third-order valence-electron chi connectivity index (χ3n) is 3.40. The Labute approximate surface area is 85.4 Å². The molecule has 0 saturated heterocycles. The quantitative estimate of drug-likeness (QED) is 0.708. The number of rotatable bonds is 3. The van der Waals surface area contributed by atoms with Crippen molar-refractivity contribution in [1.29, 1.82) is 0 Å². The van der Waals surface area contributed by atoms with Gasteiger partial charge in [-0.2, -0.15) is 0 Å². The van der Waals surface area contributed by atoms with E-state index in [2.05, 4.69) is 5.32 Å². The topological polar surface area (TPSA) is 55.1 Å². The zero-order chi connectivity index (χ0) is 9.97. The van der Waals surface area contributed by atoms with E-state index < -0.39 is 0 Å². The Bertz CT molecular complexity index is 205. The highest BCUT2D eigenvalue weighted by atomic mass is 16.2. The van der Waals surface area contributed by atoms with Gasteiger partial charge >= 0.3 is 0 Å². The average Bonchev–Trinajstić information content (AvgIpc) is 3.00. The summed E-state index contributed by atoms with van der Waals surface area (Å²) in [6.45, 7) is 0.877. The van der Waals surface area contributed by atoms with Crippen LogP contribution in [-0.4, -0.2) is 18.5 Å². The van der Waals surface area contributed by atoms with Crippen LogP contribution in [0.25, 0.3) is 0 Å². The molecule has 0 bridgehead atoms. The summed E-state index contributed by atoms with van der Waals surface area (Å²) < 4.78 is 0. The van der Waals surface area contributed by atoms with E-state index in [1.54, 1.807) is 0 Å². The van der Waals surface area contributed by atoms with Gasteiger partial charge in [-0.05, 0) is 44.4 Å². The number of carbonyl (C=O) groups excluding carboxylic acids is 1. The van der Waals surface area contributed by atoms with E-state index in [1.807, 2.05) is 0 Å². The first-order valence-corrected chi connectivity index (χ1v) is 5.79. The lowest BCUT2D eigenvalue weighted by Gasteiger charge is -2.26. The van der Waals surface area contributed by atoms with Gasteiger partial charge in [-0.1, -0.05) is 0 Å². The van der Waals surface area contributed by atoms with Crippen molar-refractivity contribution in [2.75, 3.05) is 6.54 Å². The first-order chi connectivity index (χ1) is 6.75. The Morgan fingerprint density at radius 2 is 1.79 bits per heavy atom. The minimum atomic E-state index is 0.278. The molecule has 2 saturated carbocycles. The fourth-order valence-electron chi connectivity index (χ4n) is 2.13. The van der Waals surface area contributed by atoms with Gasteiger partial charge in [0.25, 0.3) is 0 Å². The lowest BCUT2D eigenvalue weighted by atomic mass is 9.86. The molecular weight excluding hydrogens is 176 g/mol. The number of nitrogens with two attached hydrogens (primary N) is 1. The van der Waals surface area contributed by atoms with Gasteiger partial charge in [0.2, 0.25) is 5.91 Å². The Balaban J connectivity index is 1.62. The van der Waals surface area contributed by atoms with Crippen molar-refractivity contribution in [3.8, 4) is 0 Å². The molecular formula is C11H20N2O. The van der Waals surface area contributed by atoms with E-state index in [0.29, 0.717) is 17.9 Å². The van der Waals surface area contributed by atoms with Gasteiger partial charge in [-0.3, -0.25) is 4.79 Å². The van der Waals surface area contributed by atoms with E-state index in [4.69, 9.17) is 5.73 Å². The third-order valence-corrected chi connectivity index (χ3v) is 3.40. The summed E-state index contributed by atoms with van der Waals surface area (Å²) in [4.78, 5) is 11.4. The second-order valence-electron chi connectivity index (χ2n) is 4.80. The maximum Gasteiger partial charge on any atom is 0.223 e. The predicted molar refractivity (Wildman–Crippen MR) is 55.7 cm³/mol. The summed E-state index contributed by atoms with van der Waals surface area (Å²) in [5.41, 5.74) is 5.82. The molecule has 0 atom stereocenters. The first kappa shape index (κ1) is 9.97. The standard InChI is InChI=1S/C11H20N2O/c12-10-5-1-8(2-6-10)7-13-11(14)9-3-4-9/h8-10H,1-7,12H2,(H,13,14). The van der Waals surface area contributed by atoms with E-state index in [1.165, 1.54) is 12.8 Å². The van der Waals surface area contributed by atoms with Crippen molar-refractivity contribution in [1.82, 2.24) is 5.32 Å². The van der Waals surface area contributed by atoms with Crippen LogP contribution in [0, 0.1) is 11.8 Å². The van der Waals surface area contributed by atoms with Crippen molar-refractivity contribution in [2.24, 2.45) is 17.6 Å². The molecule has 80 valence electrons. The van der Waals surface area contributed by atoms with Crippen LogP contribution in [-0.2, 0) is 4.79 Å². The maximum atomic E-state index is 11.4. The molecule has 0 spiro atoms. The molecule has 14 heavy (non-hydrogen) atoms. The summed E-state index contributed by atoms with van der Waals surface area (Å²) in [6.07, 6.45) is 6.83. The van der Waals surface area contributed by atoms with Crippen LogP contribution in [0.2, 0.25) is 0 Å². The molecule has 2 fully saturated rings. The zero-order valence-electron chi connectivity index (χ0n) is 8.67. The molecule has 2 rings (SSSR count). The van der Waals surface area contributed by atoms with Crippen LogP contribution in [0.5, 0.6) is 0 Å². The fourth-order valence-corrected chi connectivity index (χ4v) is 2.13. The molecule has 3 nitrogen and oxygen atoms in total. The highest BCUT2D eigenvalue weighted by Crippen LogP contribution is 2.29. The van der Waals surface area contributed by atoms with Crippen molar-refractivity contribution >= 4 is 5.91 Å². The minimum Gasteiger partial charge on any atom is -0.356 e. The normalized spacial score (nSPS) is 32.6. The lowest BCUT2D eigenvalue weighted by Crippen LogP contribution is -2.34. The van der Waals surface area contributed by atoms with Crippen LogP contribution in [0.15, 0.2) is 0 Å². The van der Waals surface area contributed by atoms with Crippen molar-refractivity contribution in [3.05, 3.63) is 0 Å². The summed E-state index contributed by atoms with van der Waals surface area (Å²) in [5, 5.41) is 3.05. The van der Waals surface area contributed by atoms with Crippen LogP contribution >= 0.6 is 0 Å². The Kier molecular flexibility index (Phi) is 3.06. The summed E-state index contributed by atoms with van der Waals surface area (Å²) in [5.74, 6) is 1.30. The lowest BCUT2D eigenvalue weighted by molar-refractivity contribution is -0.122. The van der Waals surface area contributed by atoms with Crippen LogP contribution in [0.4, 0.5) is 0 Å². The van der Waals surface area contributed by atoms with Crippen LogP contribution in [0.3, 0.4) is 0 Å². The number of carbonyl (C=O) groups is 1. The van der Waals surface area contributed by atoms with Gasteiger partial charge in [-0.25, -0.2) is 0 Å². The summed E-state index contributed by atoms with van der Waals surface area (Å²) in [6, 6.07) is 0.408. The van der Waals surface area contributed by atoms with Crippen LogP contribution in [0.1, 0.15) is 38.5 Å². The number of nitrogens with one attached hydrogen (secondary N) is 1. The number of hydrogen-bond acceptors (Lipinski definition) is 2. The summed E-state index contributed by atoms with van der Waals surface area (Å²) in [7, 11) is 0. The largest absolute Gasteiger partial charge is 0.356 e. The van der Waals surface area contributed by atoms with Crippen molar-refractivity contribution in [3.63, 3.8) is 0 Å². The summed E-state index contributed by atoms with van der Waals surface area (Å²) >= 11 is 0. The van der Waals surface area contributed by atoms with Crippen LogP contribution < -0.4 is 11.1 Å². The van der Waals surface area contributed by atoms with E-state index in [0.717, 1.165) is 32.2 Å². The molecule has 0 aromatic rings. The van der Waals surface area contributed by atoms with Gasteiger partial charge in [0, 0.05) is 18.5 Å². The Morgan fingerprint density at radius 3 is 2.36 bits per heavy atom. The Morgan fingerprint density at radius 1 is 1.14 bits per heavy atom. The zero-order valence-corrected chi connectivity index (χ0v) is 8.67. The third kappa shape index (κ3) is 2.71. The second kappa shape index (κ2) is 4.30. The molecule has 3 heteroatoms. The monoisotopic (exact) mass is 196 g/mol. The van der Waals surface area contributed by atoms with Gasteiger partial charge in [0.15, 0.2) is 0 Å². The molecule has 2 aliphatic carbocycles. The molecule has 3 N–H and O–H groups in total. The number of amides is 1. The predicted octanol–water partition coefficient (Wildman–Crippen LogP) is 1.03. The second-order valence-corrected chi connectivity index (χ2v) is 4.80. The van der Waals surface area contributed by atoms with Gasteiger partial charge < -0.3 is 11.1 Å². The molecule has 0 aromatic carbocycles. The van der Waals surface area contributed by atoms with Gasteiger partial charge in [0.1, 0.15) is 0 Å². The average molecular weight is 196 g/mol. The maximum absolute atomic E-state index is 11.4.